The number of benzene rings is 2. The summed E-state index contributed by atoms with van der Waals surface area (Å²) < 4.78 is 24.8. The van der Waals surface area contributed by atoms with Crippen LogP contribution in [0.5, 0.6) is 0 Å². The number of ether oxygens (including phenoxy) is 4. The maximum absolute atomic E-state index is 13.3. The fourth-order valence-electron chi connectivity index (χ4n) is 15.6. The van der Waals surface area contributed by atoms with Crippen LogP contribution in [-0.2, 0) is 46.5 Å². The van der Waals surface area contributed by atoms with Crippen molar-refractivity contribution in [3.8, 4) is 0 Å². The Morgan fingerprint density at radius 3 is 1.43 bits per heavy atom. The minimum atomic E-state index is -0.729. The molecule has 69 heavy (non-hydrogen) atoms. The topological polar surface area (TPSA) is 149 Å². The predicted octanol–water partition coefficient (Wildman–Crippen LogP) is 11.6. The van der Waals surface area contributed by atoms with Gasteiger partial charge in [0, 0.05) is 48.0 Å². The minimum Gasteiger partial charge on any atom is -0.396 e. The summed E-state index contributed by atoms with van der Waals surface area (Å²) in [4.78, 5) is 38.7. The monoisotopic (exact) mass is 963 g/mol. The van der Waals surface area contributed by atoms with Crippen LogP contribution in [0.2, 0.25) is 0 Å². The molecule has 0 heterocycles. The number of rotatable bonds is 14. The lowest BCUT2D eigenvalue weighted by molar-refractivity contribution is -0.231. The first-order valence-corrected chi connectivity index (χ1v) is 25.4. The highest BCUT2D eigenvalue weighted by atomic mass is 16.7. The van der Waals surface area contributed by atoms with E-state index in [1.165, 1.54) is 0 Å². The SMILES string of the molecule is C.C.C.CC[C@]1(C)C[C@@H](O)[C@@]2(C)C3C(=O)CC[C@@]3(CC[C@H]2C=O)[C@@H](C)C1OCOCc1ccccc1.CC[C@]1(C)C[C@@H](O)[C@@]2(C)C3C(=O)CC[C@@]3(CC[C@H]2CO)[C@@H](C)C1OCOCc1ccccc1. The molecule has 0 spiro atoms. The summed E-state index contributed by atoms with van der Waals surface area (Å²) in [6.45, 7) is 18.7. The fourth-order valence-corrected chi connectivity index (χ4v) is 15.6. The Morgan fingerprint density at radius 1 is 0.623 bits per heavy atom. The van der Waals surface area contributed by atoms with Gasteiger partial charge in [0.15, 0.2) is 0 Å². The standard InChI is InChI=1S/C28H42O5.C28H40O5.3CH4/c2*1-5-26(3)15-23(31)27(4)21(16-29)11-13-28(14-12-22(30)24(27)28)19(2)25(26)33-18-32-17-20-9-7-6-8-10-20;;;/h6-10,19,21,23-25,29,31H,5,11-18H2,1-4H3;6-10,16,19,21,23-25,31H,5,11-15,17-18H2,1-4H3;3*1H4/t2*19-,21-,23+,24?,25?,26+,27-,28-;;;/m00.../s1. The van der Waals surface area contributed by atoms with Crippen molar-refractivity contribution in [1.82, 2.24) is 0 Å². The van der Waals surface area contributed by atoms with Crippen LogP contribution in [-0.4, -0.2) is 77.8 Å². The molecule has 0 radical (unpaired) electrons. The van der Waals surface area contributed by atoms with Crippen molar-refractivity contribution < 1.29 is 48.7 Å². The molecule has 3 N–H and O–H groups in total. The van der Waals surface area contributed by atoms with Crippen LogP contribution in [0.1, 0.15) is 166 Å². The summed E-state index contributed by atoms with van der Waals surface area (Å²) in [6, 6.07) is 20.1. The van der Waals surface area contributed by atoms with Gasteiger partial charge in [-0.15, -0.1) is 0 Å². The van der Waals surface area contributed by atoms with E-state index >= 15 is 0 Å². The van der Waals surface area contributed by atoms with Crippen molar-refractivity contribution >= 4 is 17.9 Å². The van der Waals surface area contributed by atoms with Gasteiger partial charge in [0.2, 0.25) is 0 Å². The van der Waals surface area contributed by atoms with Gasteiger partial charge >= 0.3 is 0 Å². The van der Waals surface area contributed by atoms with E-state index in [0.717, 1.165) is 68.8 Å². The summed E-state index contributed by atoms with van der Waals surface area (Å²) in [5, 5.41) is 33.6. The molecular formula is C59H94O10. The third kappa shape index (κ3) is 10.3. The molecule has 6 saturated carbocycles. The number of Topliss-reactive ketones (excluding diaryl/α,β-unsaturated/α-hetero) is 2. The maximum atomic E-state index is 13.3. The van der Waals surface area contributed by atoms with E-state index < -0.39 is 23.0 Å². The summed E-state index contributed by atoms with van der Waals surface area (Å²) >= 11 is 0. The number of aliphatic hydroxyl groups excluding tert-OH is 3. The summed E-state index contributed by atoms with van der Waals surface area (Å²) in [7, 11) is 0. The second-order valence-electron chi connectivity index (χ2n) is 22.8. The Labute approximate surface area is 417 Å². The van der Waals surface area contributed by atoms with Gasteiger partial charge in [0.25, 0.3) is 0 Å². The highest BCUT2D eigenvalue weighted by molar-refractivity contribution is 5.86. The van der Waals surface area contributed by atoms with Gasteiger partial charge in [-0.25, -0.2) is 0 Å². The van der Waals surface area contributed by atoms with Crippen molar-refractivity contribution in [2.45, 2.75) is 192 Å². The van der Waals surface area contributed by atoms with Crippen molar-refractivity contribution in [3.63, 3.8) is 0 Å². The predicted molar refractivity (Wildman–Crippen MR) is 274 cm³/mol. The number of hydrogen-bond acceptors (Lipinski definition) is 10. The molecule has 0 amide bonds. The van der Waals surface area contributed by atoms with E-state index in [-0.39, 0.29) is 123 Å². The van der Waals surface area contributed by atoms with Crippen LogP contribution in [0, 0.1) is 68.0 Å². The fraction of sp³-hybridized carbons (Fsp3) is 0.746. The Balaban J connectivity index is 0.000000288. The van der Waals surface area contributed by atoms with Gasteiger partial charge in [-0.3, -0.25) is 9.59 Å². The van der Waals surface area contributed by atoms with E-state index in [1.54, 1.807) is 0 Å². The largest absolute Gasteiger partial charge is 0.396 e. The van der Waals surface area contributed by atoms with Crippen LogP contribution in [0.15, 0.2) is 60.7 Å². The first kappa shape index (κ1) is 58.7. The molecule has 0 aliphatic heterocycles. The number of carbonyl (C=O) groups excluding carboxylic acids is 3. The minimum absolute atomic E-state index is 0. The summed E-state index contributed by atoms with van der Waals surface area (Å²) in [5.74, 6) is -0.0881. The lowest BCUT2D eigenvalue weighted by Gasteiger charge is -2.62. The molecule has 6 aliphatic carbocycles. The molecule has 10 nitrogen and oxygen atoms in total. The van der Waals surface area contributed by atoms with Crippen LogP contribution >= 0.6 is 0 Å². The lowest BCUT2D eigenvalue weighted by Crippen LogP contribution is -2.63. The molecule has 390 valence electrons. The molecule has 6 aliphatic rings. The van der Waals surface area contributed by atoms with Crippen LogP contribution < -0.4 is 0 Å². The average molecular weight is 963 g/mol. The third-order valence-corrected chi connectivity index (χ3v) is 20.0. The Kier molecular flexibility index (Phi) is 19.9. The van der Waals surface area contributed by atoms with E-state index in [1.807, 2.05) is 67.6 Å². The molecule has 4 unspecified atom stereocenters. The van der Waals surface area contributed by atoms with E-state index in [4.69, 9.17) is 18.9 Å². The van der Waals surface area contributed by atoms with Gasteiger partial charge in [-0.1, -0.05) is 138 Å². The Hall–Kier alpha value is -2.83. The zero-order valence-corrected chi connectivity index (χ0v) is 41.3. The second-order valence-corrected chi connectivity index (χ2v) is 22.8. The van der Waals surface area contributed by atoms with Gasteiger partial charge < -0.3 is 39.1 Å². The normalized spacial score (nSPS) is 41.1. The third-order valence-electron chi connectivity index (χ3n) is 20.0. The molecule has 16 atom stereocenters. The average Bonchev–Trinajstić information content (AvgIpc) is 3.87. The zero-order chi connectivity index (χ0) is 47.7. The molecule has 8 rings (SSSR count). The molecule has 2 aromatic carbocycles. The van der Waals surface area contributed by atoms with Crippen LogP contribution in [0.3, 0.4) is 0 Å². The van der Waals surface area contributed by atoms with E-state index in [9.17, 15) is 29.7 Å². The molecule has 10 heteroatoms. The number of aliphatic hydroxyl groups is 3. The molecule has 0 aromatic heterocycles. The Bertz CT molecular complexity index is 1960. The van der Waals surface area contributed by atoms with Crippen molar-refractivity contribution in [1.29, 1.82) is 0 Å². The summed E-state index contributed by atoms with van der Waals surface area (Å²) in [6.07, 6.45) is 8.21. The van der Waals surface area contributed by atoms with Gasteiger partial charge in [0.1, 0.15) is 31.4 Å². The Morgan fingerprint density at radius 2 is 1.03 bits per heavy atom. The quantitative estimate of drug-likeness (QED) is 0.0949. The smallest absolute Gasteiger partial charge is 0.147 e. The summed E-state index contributed by atoms with van der Waals surface area (Å²) in [5.41, 5.74) is -0.0798. The maximum Gasteiger partial charge on any atom is 0.147 e. The first-order chi connectivity index (χ1) is 31.5. The number of carbonyl (C=O) groups is 3. The van der Waals surface area contributed by atoms with Gasteiger partial charge in [0.05, 0.1) is 37.6 Å². The molecular weight excluding hydrogens is 869 g/mol. The molecule has 2 aromatic rings. The lowest BCUT2D eigenvalue weighted by atomic mass is 9.43. The van der Waals surface area contributed by atoms with Gasteiger partial charge in [-0.2, -0.15) is 0 Å². The second kappa shape index (κ2) is 23.4. The van der Waals surface area contributed by atoms with Crippen molar-refractivity contribution in [2.75, 3.05) is 20.2 Å². The van der Waals surface area contributed by atoms with E-state index in [0.29, 0.717) is 38.9 Å². The van der Waals surface area contributed by atoms with Crippen LogP contribution in [0.25, 0.3) is 0 Å². The van der Waals surface area contributed by atoms with Gasteiger partial charge in [-0.05, 0) is 115 Å². The molecule has 0 saturated heterocycles. The van der Waals surface area contributed by atoms with E-state index in [2.05, 4.69) is 48.5 Å². The molecule has 6 fully saturated rings. The van der Waals surface area contributed by atoms with Crippen molar-refractivity contribution in [2.24, 2.45) is 68.0 Å². The highest BCUT2D eigenvalue weighted by Crippen LogP contribution is 2.69. The number of ketones is 2. The highest BCUT2D eigenvalue weighted by Gasteiger charge is 2.70. The number of aldehydes is 1. The van der Waals surface area contributed by atoms with Crippen molar-refractivity contribution in [3.05, 3.63) is 71.8 Å². The first-order valence-electron chi connectivity index (χ1n) is 25.4. The number of hydrogen-bond donors (Lipinski definition) is 3. The molecule has 4 bridgehead atoms. The zero-order valence-electron chi connectivity index (χ0n) is 41.3. The van der Waals surface area contributed by atoms with Crippen LogP contribution in [0.4, 0.5) is 0 Å².